The normalized spacial score (nSPS) is 12.0. The Balaban J connectivity index is 1.99. The second-order valence-electron chi connectivity index (χ2n) is 6.79. The first-order valence-corrected chi connectivity index (χ1v) is 8.75. The van der Waals surface area contributed by atoms with Gasteiger partial charge in [0.2, 0.25) is 0 Å². The highest BCUT2D eigenvalue weighted by Crippen LogP contribution is 2.30. The number of carbonyl (C=O) groups is 1. The number of hydrogen-bond donors (Lipinski definition) is 3. The van der Waals surface area contributed by atoms with Gasteiger partial charge >= 0.3 is 0 Å². The summed E-state index contributed by atoms with van der Waals surface area (Å²) in [5.41, 5.74) is 4.59. The average Bonchev–Trinajstić information content (AvgIpc) is 2.97. The number of carbonyl (C=O) groups excluding carboxylic acids is 1. The van der Waals surface area contributed by atoms with E-state index in [9.17, 15) is 9.90 Å². The van der Waals surface area contributed by atoms with Gasteiger partial charge < -0.3 is 20.3 Å². The van der Waals surface area contributed by atoms with E-state index in [1.165, 1.54) is 5.56 Å². The molecule has 3 rings (SSSR count). The van der Waals surface area contributed by atoms with Crippen molar-refractivity contribution >= 4 is 28.2 Å². The molecule has 140 valence electrons. The van der Waals surface area contributed by atoms with Crippen molar-refractivity contribution in [2.75, 3.05) is 21.1 Å². The van der Waals surface area contributed by atoms with Crippen LogP contribution in [0.2, 0.25) is 0 Å². The molecule has 27 heavy (non-hydrogen) atoms. The average molecular weight is 364 g/mol. The fourth-order valence-electron chi connectivity index (χ4n) is 3.12. The summed E-state index contributed by atoms with van der Waals surface area (Å²) in [6.45, 7) is 2.72. The molecular weight excluding hydrogens is 340 g/mol. The number of nitrogens with one attached hydrogen (secondary N) is 2. The monoisotopic (exact) mass is 364 g/mol. The quantitative estimate of drug-likeness (QED) is 0.607. The molecule has 0 radical (unpaired) electrons. The maximum absolute atomic E-state index is 11.9. The van der Waals surface area contributed by atoms with Gasteiger partial charge in [-0.2, -0.15) is 0 Å². The van der Waals surface area contributed by atoms with Crippen LogP contribution in [0.15, 0.2) is 47.5 Å². The van der Waals surface area contributed by atoms with Gasteiger partial charge in [0.05, 0.1) is 17.0 Å². The number of fused-ring (bicyclic) bond motifs is 1. The standard InChI is InChI=1S/C21H24N4O2/c1-13(23-16-8-5-14(6-9-16)12-25(3)4)19-17-11-15(20(26)22-2)7-10-18(17)24-21(19)27/h5-11,24,27H,12H2,1-4H3,(H,22,26). The fraction of sp³-hybridized carbons (Fsp3) is 0.238. The molecule has 0 bridgehead atoms. The number of rotatable bonds is 5. The lowest BCUT2D eigenvalue weighted by Gasteiger charge is -2.09. The Kier molecular flexibility index (Phi) is 5.28. The molecule has 0 fully saturated rings. The molecule has 0 atom stereocenters. The van der Waals surface area contributed by atoms with E-state index in [1.807, 2.05) is 45.3 Å². The van der Waals surface area contributed by atoms with Gasteiger partial charge in [0.1, 0.15) is 0 Å². The van der Waals surface area contributed by atoms with E-state index >= 15 is 0 Å². The van der Waals surface area contributed by atoms with Crippen LogP contribution in [-0.2, 0) is 6.54 Å². The van der Waals surface area contributed by atoms with Crippen LogP contribution in [0.4, 0.5) is 5.69 Å². The van der Waals surface area contributed by atoms with Gasteiger partial charge in [-0.05, 0) is 56.9 Å². The zero-order chi connectivity index (χ0) is 19.6. The van der Waals surface area contributed by atoms with Gasteiger partial charge in [0.15, 0.2) is 5.88 Å². The van der Waals surface area contributed by atoms with Crippen molar-refractivity contribution in [3.05, 3.63) is 59.2 Å². The summed E-state index contributed by atoms with van der Waals surface area (Å²) < 4.78 is 0. The van der Waals surface area contributed by atoms with E-state index in [0.717, 1.165) is 23.1 Å². The van der Waals surface area contributed by atoms with Crippen LogP contribution in [0.1, 0.15) is 28.4 Å². The maximum atomic E-state index is 11.9. The third-order valence-corrected chi connectivity index (χ3v) is 4.36. The molecule has 2 aromatic carbocycles. The fourth-order valence-corrected chi connectivity index (χ4v) is 3.12. The first kappa shape index (κ1) is 18.7. The number of aromatic nitrogens is 1. The molecule has 0 aliphatic rings. The van der Waals surface area contributed by atoms with Crippen LogP contribution in [-0.4, -0.2) is 47.8 Å². The summed E-state index contributed by atoms with van der Waals surface area (Å²) >= 11 is 0. The Bertz CT molecular complexity index is 1000. The van der Waals surface area contributed by atoms with Gasteiger partial charge in [0.25, 0.3) is 5.91 Å². The van der Waals surface area contributed by atoms with Crippen molar-refractivity contribution in [3.63, 3.8) is 0 Å². The summed E-state index contributed by atoms with van der Waals surface area (Å²) in [7, 11) is 5.65. The molecule has 0 unspecified atom stereocenters. The number of aliphatic imine (C=N–C) groups is 1. The minimum absolute atomic E-state index is 0.0459. The third kappa shape index (κ3) is 4.01. The summed E-state index contributed by atoms with van der Waals surface area (Å²) in [5, 5.41) is 13.7. The number of hydrogen-bond acceptors (Lipinski definition) is 4. The molecule has 1 amide bonds. The smallest absolute Gasteiger partial charge is 0.251 e. The van der Waals surface area contributed by atoms with E-state index in [1.54, 1.807) is 25.2 Å². The highest BCUT2D eigenvalue weighted by atomic mass is 16.3. The van der Waals surface area contributed by atoms with Crippen LogP contribution in [0.3, 0.4) is 0 Å². The molecule has 0 saturated carbocycles. The summed E-state index contributed by atoms with van der Waals surface area (Å²) in [5.74, 6) is -0.126. The summed E-state index contributed by atoms with van der Waals surface area (Å²) in [6, 6.07) is 13.3. The van der Waals surface area contributed by atoms with E-state index in [2.05, 4.69) is 20.2 Å². The van der Waals surface area contributed by atoms with Gasteiger partial charge in [-0.3, -0.25) is 9.79 Å². The lowest BCUT2D eigenvalue weighted by molar-refractivity contribution is 0.0963. The highest BCUT2D eigenvalue weighted by Gasteiger charge is 2.15. The lowest BCUT2D eigenvalue weighted by atomic mass is 10.1. The Morgan fingerprint density at radius 1 is 1.19 bits per heavy atom. The Labute approximate surface area is 158 Å². The predicted molar refractivity (Wildman–Crippen MR) is 109 cm³/mol. The zero-order valence-corrected chi connectivity index (χ0v) is 16.0. The van der Waals surface area contributed by atoms with Crippen molar-refractivity contribution in [3.8, 4) is 5.88 Å². The van der Waals surface area contributed by atoms with Gasteiger partial charge in [0, 0.05) is 30.1 Å². The molecule has 6 nitrogen and oxygen atoms in total. The molecule has 6 heteroatoms. The van der Waals surface area contributed by atoms with Crippen molar-refractivity contribution < 1.29 is 9.90 Å². The predicted octanol–water partition coefficient (Wildman–Crippen LogP) is 3.44. The molecule has 0 saturated heterocycles. The first-order chi connectivity index (χ1) is 12.9. The minimum atomic E-state index is -0.172. The highest BCUT2D eigenvalue weighted by molar-refractivity contribution is 6.13. The van der Waals surface area contributed by atoms with E-state index < -0.39 is 0 Å². The summed E-state index contributed by atoms with van der Waals surface area (Å²) in [4.78, 5) is 21.6. The van der Waals surface area contributed by atoms with Gasteiger partial charge in [-0.15, -0.1) is 0 Å². The number of H-pyrrole nitrogens is 1. The van der Waals surface area contributed by atoms with E-state index in [-0.39, 0.29) is 11.8 Å². The van der Waals surface area contributed by atoms with Crippen LogP contribution in [0, 0.1) is 0 Å². The molecule has 3 aromatic rings. The number of aromatic amines is 1. The molecular formula is C21H24N4O2. The van der Waals surface area contributed by atoms with Gasteiger partial charge in [-0.1, -0.05) is 12.1 Å². The lowest BCUT2D eigenvalue weighted by Crippen LogP contribution is -2.17. The van der Waals surface area contributed by atoms with Crippen molar-refractivity contribution in [2.45, 2.75) is 13.5 Å². The number of benzene rings is 2. The van der Waals surface area contributed by atoms with E-state index in [0.29, 0.717) is 16.8 Å². The van der Waals surface area contributed by atoms with Crippen LogP contribution in [0.5, 0.6) is 5.88 Å². The molecule has 0 aliphatic carbocycles. The van der Waals surface area contributed by atoms with Crippen LogP contribution in [0.25, 0.3) is 10.9 Å². The second kappa shape index (κ2) is 7.63. The van der Waals surface area contributed by atoms with Gasteiger partial charge in [-0.25, -0.2) is 0 Å². The molecule has 0 spiro atoms. The topological polar surface area (TPSA) is 80.7 Å². The number of aromatic hydroxyl groups is 1. The van der Waals surface area contributed by atoms with Crippen molar-refractivity contribution in [1.29, 1.82) is 0 Å². The number of nitrogens with zero attached hydrogens (tertiary/aromatic N) is 2. The summed E-state index contributed by atoms with van der Waals surface area (Å²) in [6.07, 6.45) is 0. The molecule has 3 N–H and O–H groups in total. The minimum Gasteiger partial charge on any atom is -0.494 e. The Morgan fingerprint density at radius 3 is 2.52 bits per heavy atom. The second-order valence-corrected chi connectivity index (χ2v) is 6.79. The Morgan fingerprint density at radius 2 is 1.89 bits per heavy atom. The molecule has 1 heterocycles. The molecule has 0 aliphatic heterocycles. The largest absolute Gasteiger partial charge is 0.494 e. The maximum Gasteiger partial charge on any atom is 0.251 e. The van der Waals surface area contributed by atoms with E-state index in [4.69, 9.17) is 0 Å². The van der Waals surface area contributed by atoms with Crippen molar-refractivity contribution in [1.82, 2.24) is 15.2 Å². The third-order valence-electron chi connectivity index (χ3n) is 4.36. The molecule has 1 aromatic heterocycles. The number of amides is 1. The Hall–Kier alpha value is -3.12. The van der Waals surface area contributed by atoms with Crippen molar-refractivity contribution in [2.24, 2.45) is 4.99 Å². The van der Waals surface area contributed by atoms with Crippen LogP contribution < -0.4 is 5.32 Å². The SMILES string of the molecule is CNC(=O)c1ccc2[nH]c(O)c(C(C)=Nc3ccc(CN(C)C)cc3)c2c1. The first-order valence-electron chi connectivity index (χ1n) is 8.75. The van der Waals surface area contributed by atoms with Crippen LogP contribution >= 0.6 is 0 Å². The zero-order valence-electron chi connectivity index (χ0n) is 16.0.